The van der Waals surface area contributed by atoms with Crippen LogP contribution in [-0.4, -0.2) is 37.7 Å². The van der Waals surface area contributed by atoms with Crippen LogP contribution in [-0.2, 0) is 27.2 Å². The summed E-state index contributed by atoms with van der Waals surface area (Å²) in [5, 5.41) is 6.67. The summed E-state index contributed by atoms with van der Waals surface area (Å²) in [5.41, 5.74) is 4.17. The van der Waals surface area contributed by atoms with E-state index in [9.17, 15) is 14.4 Å². The Morgan fingerprint density at radius 3 is 2.57 bits per heavy atom. The first kappa shape index (κ1) is 21.5. The molecule has 30 heavy (non-hydrogen) atoms. The lowest BCUT2D eigenvalue weighted by molar-refractivity contribution is -0.136. The van der Waals surface area contributed by atoms with Crippen molar-refractivity contribution >= 4 is 40.3 Å². The zero-order valence-electron chi connectivity index (χ0n) is 16.8. The van der Waals surface area contributed by atoms with Crippen LogP contribution in [0.15, 0.2) is 29.4 Å². The summed E-state index contributed by atoms with van der Waals surface area (Å²) in [7, 11) is 1.29. The lowest BCUT2D eigenvalue weighted by atomic mass is 9.95. The van der Waals surface area contributed by atoms with Gasteiger partial charge in [-0.25, -0.2) is 10.2 Å². The molecule has 1 aromatic heterocycles. The van der Waals surface area contributed by atoms with Gasteiger partial charge in [0.15, 0.2) is 0 Å². The van der Waals surface area contributed by atoms with Gasteiger partial charge in [0.25, 0.3) is 0 Å². The van der Waals surface area contributed by atoms with E-state index in [-0.39, 0.29) is 0 Å². The van der Waals surface area contributed by atoms with Gasteiger partial charge in [-0.2, -0.15) is 5.10 Å². The highest BCUT2D eigenvalue weighted by molar-refractivity contribution is 7.17. The van der Waals surface area contributed by atoms with E-state index >= 15 is 0 Å². The summed E-state index contributed by atoms with van der Waals surface area (Å²) in [6.45, 7) is 2.47. The van der Waals surface area contributed by atoms with Crippen LogP contribution in [0.1, 0.15) is 46.1 Å². The summed E-state index contributed by atoms with van der Waals surface area (Å²) in [4.78, 5) is 37.7. The van der Waals surface area contributed by atoms with Gasteiger partial charge < -0.3 is 14.8 Å². The van der Waals surface area contributed by atoms with E-state index in [1.54, 1.807) is 24.3 Å². The van der Waals surface area contributed by atoms with E-state index < -0.39 is 17.8 Å². The summed E-state index contributed by atoms with van der Waals surface area (Å²) >= 11 is 1.31. The number of carbonyl (C=O) groups is 3. The molecule has 2 aromatic rings. The predicted molar refractivity (Wildman–Crippen MR) is 114 cm³/mol. The van der Waals surface area contributed by atoms with E-state index in [4.69, 9.17) is 9.47 Å². The van der Waals surface area contributed by atoms with Crippen LogP contribution >= 0.6 is 11.3 Å². The molecule has 1 aromatic carbocycles. The number of esters is 1. The highest BCUT2D eigenvalue weighted by atomic mass is 32.1. The Labute approximate surface area is 178 Å². The van der Waals surface area contributed by atoms with Gasteiger partial charge in [-0.15, -0.1) is 11.3 Å². The minimum absolute atomic E-state index is 0.337. The molecule has 2 amide bonds. The highest BCUT2D eigenvalue weighted by Crippen LogP contribution is 2.38. The average Bonchev–Trinajstić information content (AvgIpc) is 3.12. The van der Waals surface area contributed by atoms with Crippen molar-refractivity contribution in [3.05, 3.63) is 45.8 Å². The van der Waals surface area contributed by atoms with Gasteiger partial charge in [-0.1, -0.05) is 0 Å². The fourth-order valence-electron chi connectivity index (χ4n) is 3.16. The SMILES string of the molecule is CCOc1ccc(/C=N/NC(=O)C(=O)Nc2sc3c(c2C(=O)OC)CCCC3)cc1. The number of nitrogens with one attached hydrogen (secondary N) is 2. The van der Waals surface area contributed by atoms with E-state index in [0.29, 0.717) is 17.2 Å². The molecular weight excluding hydrogens is 406 g/mol. The molecule has 1 heterocycles. The minimum atomic E-state index is -0.931. The molecule has 0 atom stereocenters. The molecular formula is C21H23N3O5S. The number of thiophene rings is 1. The van der Waals surface area contributed by atoms with Crippen molar-refractivity contribution in [2.24, 2.45) is 5.10 Å². The Morgan fingerprint density at radius 1 is 1.13 bits per heavy atom. The van der Waals surface area contributed by atoms with Gasteiger partial charge in [-0.05, 0) is 68.0 Å². The largest absolute Gasteiger partial charge is 0.494 e. The number of hydrogen-bond donors (Lipinski definition) is 2. The van der Waals surface area contributed by atoms with Crippen molar-refractivity contribution in [2.75, 3.05) is 19.0 Å². The van der Waals surface area contributed by atoms with Crippen molar-refractivity contribution in [1.29, 1.82) is 0 Å². The standard InChI is InChI=1S/C21H23N3O5S/c1-3-29-14-10-8-13(9-11-14)12-22-24-19(26)18(25)23-20-17(21(27)28-2)15-6-4-5-7-16(15)30-20/h8-12H,3-7H2,1-2H3,(H,23,25)(H,24,26)/b22-12+. The third kappa shape index (κ3) is 5.04. The molecule has 1 aliphatic rings. The van der Waals surface area contributed by atoms with E-state index in [2.05, 4.69) is 15.8 Å². The second kappa shape index (κ2) is 10.0. The lowest BCUT2D eigenvalue weighted by Gasteiger charge is -2.11. The zero-order valence-corrected chi connectivity index (χ0v) is 17.6. The first-order chi connectivity index (χ1) is 14.5. The first-order valence-electron chi connectivity index (χ1n) is 9.63. The van der Waals surface area contributed by atoms with Gasteiger partial charge in [-0.3, -0.25) is 9.59 Å². The molecule has 3 rings (SSSR count). The van der Waals surface area contributed by atoms with Crippen molar-refractivity contribution in [2.45, 2.75) is 32.6 Å². The third-order valence-electron chi connectivity index (χ3n) is 4.56. The van der Waals surface area contributed by atoms with Crippen molar-refractivity contribution in [1.82, 2.24) is 5.43 Å². The number of aryl methyl sites for hydroxylation is 1. The second-order valence-electron chi connectivity index (χ2n) is 6.56. The number of hydrogen-bond acceptors (Lipinski definition) is 7. The number of carbonyl (C=O) groups excluding carboxylic acids is 3. The Morgan fingerprint density at radius 2 is 1.87 bits per heavy atom. The molecule has 0 fully saturated rings. The first-order valence-corrected chi connectivity index (χ1v) is 10.4. The van der Waals surface area contributed by atoms with Crippen LogP contribution in [0.2, 0.25) is 0 Å². The number of benzene rings is 1. The van der Waals surface area contributed by atoms with E-state index in [0.717, 1.165) is 47.4 Å². The maximum atomic E-state index is 12.3. The van der Waals surface area contributed by atoms with Gasteiger partial charge in [0.2, 0.25) is 0 Å². The van der Waals surface area contributed by atoms with E-state index in [1.165, 1.54) is 24.7 Å². The zero-order chi connectivity index (χ0) is 21.5. The summed E-state index contributed by atoms with van der Waals surface area (Å²) in [6.07, 6.45) is 5.03. The fraction of sp³-hybridized carbons (Fsp3) is 0.333. The van der Waals surface area contributed by atoms with Crippen molar-refractivity contribution in [3.63, 3.8) is 0 Å². The number of hydrazone groups is 1. The number of anilines is 1. The van der Waals surface area contributed by atoms with Crippen LogP contribution in [0.25, 0.3) is 0 Å². The normalized spacial score (nSPS) is 12.9. The molecule has 0 aliphatic heterocycles. The monoisotopic (exact) mass is 429 g/mol. The van der Waals surface area contributed by atoms with E-state index in [1.807, 2.05) is 6.92 Å². The van der Waals surface area contributed by atoms with Crippen LogP contribution in [0.3, 0.4) is 0 Å². The molecule has 2 N–H and O–H groups in total. The Bertz CT molecular complexity index is 966. The maximum Gasteiger partial charge on any atom is 0.341 e. The van der Waals surface area contributed by atoms with Crippen molar-refractivity contribution < 1.29 is 23.9 Å². The number of ether oxygens (including phenoxy) is 2. The molecule has 0 bridgehead atoms. The number of rotatable bonds is 6. The smallest absolute Gasteiger partial charge is 0.341 e. The second-order valence-corrected chi connectivity index (χ2v) is 7.67. The molecule has 158 valence electrons. The van der Waals surface area contributed by atoms with Gasteiger partial charge in [0.05, 0.1) is 25.5 Å². The van der Waals surface area contributed by atoms with Crippen LogP contribution in [0.4, 0.5) is 5.00 Å². The summed E-state index contributed by atoms with van der Waals surface area (Å²) in [5.74, 6) is -1.61. The molecule has 0 unspecified atom stereocenters. The quantitative estimate of drug-likeness (QED) is 0.318. The van der Waals surface area contributed by atoms with Gasteiger partial charge in [0.1, 0.15) is 10.8 Å². The summed E-state index contributed by atoms with van der Waals surface area (Å²) < 4.78 is 10.2. The molecule has 9 heteroatoms. The maximum absolute atomic E-state index is 12.3. The van der Waals surface area contributed by atoms with Crippen LogP contribution in [0.5, 0.6) is 5.75 Å². The number of fused-ring (bicyclic) bond motifs is 1. The molecule has 0 radical (unpaired) electrons. The molecule has 0 saturated heterocycles. The molecule has 0 spiro atoms. The minimum Gasteiger partial charge on any atom is -0.494 e. The highest BCUT2D eigenvalue weighted by Gasteiger charge is 2.28. The Hall–Kier alpha value is -3.20. The Kier molecular flexibility index (Phi) is 7.18. The number of nitrogens with zero attached hydrogens (tertiary/aromatic N) is 1. The fourth-order valence-corrected chi connectivity index (χ4v) is 4.44. The Balaban J connectivity index is 1.63. The topological polar surface area (TPSA) is 106 Å². The average molecular weight is 429 g/mol. The van der Waals surface area contributed by atoms with Crippen LogP contribution < -0.4 is 15.5 Å². The predicted octanol–water partition coefficient (Wildman–Crippen LogP) is 2.90. The lowest BCUT2D eigenvalue weighted by Crippen LogP contribution is -2.32. The molecule has 1 aliphatic carbocycles. The molecule has 8 nitrogen and oxygen atoms in total. The number of methoxy groups -OCH3 is 1. The van der Waals surface area contributed by atoms with Crippen molar-refractivity contribution in [3.8, 4) is 5.75 Å². The summed E-state index contributed by atoms with van der Waals surface area (Å²) in [6, 6.07) is 7.12. The van der Waals surface area contributed by atoms with Gasteiger partial charge >= 0.3 is 17.8 Å². The third-order valence-corrected chi connectivity index (χ3v) is 5.77. The molecule has 0 saturated carbocycles. The van der Waals surface area contributed by atoms with Gasteiger partial charge in [0, 0.05) is 4.88 Å². The number of amides is 2. The van der Waals surface area contributed by atoms with Crippen LogP contribution in [0, 0.1) is 0 Å².